The summed E-state index contributed by atoms with van der Waals surface area (Å²) in [4.78, 5) is 28.2. The standard InChI is InChI=1S/C17H17N5O2/c1-21-9-3-4-14(17(21)24)16(23)19-11-13-10-15(20-22(13)2)12-5-7-18-8-6-12/h3-10H,11H2,1-2H3,(H,19,23). The third kappa shape index (κ3) is 3.10. The highest BCUT2D eigenvalue weighted by Crippen LogP contribution is 2.17. The van der Waals surface area contributed by atoms with E-state index in [4.69, 9.17) is 0 Å². The maximum atomic E-state index is 12.2. The predicted molar refractivity (Wildman–Crippen MR) is 89.3 cm³/mol. The number of nitrogens with one attached hydrogen (secondary N) is 1. The van der Waals surface area contributed by atoms with Gasteiger partial charge in [-0.3, -0.25) is 19.3 Å². The lowest BCUT2D eigenvalue weighted by atomic mass is 10.2. The fraction of sp³-hybridized carbons (Fsp3) is 0.176. The van der Waals surface area contributed by atoms with Crippen molar-refractivity contribution in [3.8, 4) is 11.3 Å². The number of carbonyl (C=O) groups is 1. The highest BCUT2D eigenvalue weighted by atomic mass is 16.2. The molecule has 1 N–H and O–H groups in total. The van der Waals surface area contributed by atoms with Gasteiger partial charge in [-0.2, -0.15) is 5.10 Å². The molecule has 0 spiro atoms. The van der Waals surface area contributed by atoms with Crippen molar-refractivity contribution in [3.05, 3.63) is 70.5 Å². The Morgan fingerprint density at radius 1 is 1.21 bits per heavy atom. The van der Waals surface area contributed by atoms with E-state index in [1.807, 2.05) is 25.2 Å². The van der Waals surface area contributed by atoms with Gasteiger partial charge in [-0.15, -0.1) is 0 Å². The van der Waals surface area contributed by atoms with E-state index in [1.165, 1.54) is 10.6 Å². The Kier molecular flexibility index (Phi) is 4.24. The van der Waals surface area contributed by atoms with Crippen LogP contribution in [0.5, 0.6) is 0 Å². The summed E-state index contributed by atoms with van der Waals surface area (Å²) < 4.78 is 3.08. The van der Waals surface area contributed by atoms with Gasteiger partial charge in [0.15, 0.2) is 0 Å². The summed E-state index contributed by atoms with van der Waals surface area (Å²) in [6, 6.07) is 8.83. The molecule has 3 aromatic heterocycles. The van der Waals surface area contributed by atoms with Crippen molar-refractivity contribution in [2.75, 3.05) is 0 Å². The molecule has 0 saturated carbocycles. The Morgan fingerprint density at radius 2 is 1.96 bits per heavy atom. The molecule has 3 rings (SSSR count). The van der Waals surface area contributed by atoms with Gasteiger partial charge in [0.25, 0.3) is 11.5 Å². The summed E-state index contributed by atoms with van der Waals surface area (Å²) in [5, 5.41) is 7.20. The van der Waals surface area contributed by atoms with Gasteiger partial charge in [-0.25, -0.2) is 0 Å². The second-order valence-electron chi connectivity index (χ2n) is 5.40. The maximum Gasteiger partial charge on any atom is 0.263 e. The smallest absolute Gasteiger partial charge is 0.263 e. The molecule has 0 atom stereocenters. The van der Waals surface area contributed by atoms with Gasteiger partial charge in [0, 0.05) is 38.2 Å². The lowest BCUT2D eigenvalue weighted by Gasteiger charge is -2.06. The van der Waals surface area contributed by atoms with E-state index in [1.54, 1.807) is 36.4 Å². The number of carbonyl (C=O) groups excluding carboxylic acids is 1. The number of nitrogens with zero attached hydrogens (tertiary/aromatic N) is 4. The van der Waals surface area contributed by atoms with Crippen LogP contribution < -0.4 is 10.9 Å². The van der Waals surface area contributed by atoms with E-state index >= 15 is 0 Å². The van der Waals surface area contributed by atoms with Crippen LogP contribution in [0.25, 0.3) is 11.3 Å². The van der Waals surface area contributed by atoms with Crippen LogP contribution in [0.4, 0.5) is 0 Å². The lowest BCUT2D eigenvalue weighted by Crippen LogP contribution is -2.31. The average molecular weight is 323 g/mol. The molecular weight excluding hydrogens is 306 g/mol. The normalized spacial score (nSPS) is 10.6. The van der Waals surface area contributed by atoms with Crippen LogP contribution in [-0.2, 0) is 20.6 Å². The monoisotopic (exact) mass is 323 g/mol. The van der Waals surface area contributed by atoms with E-state index in [2.05, 4.69) is 15.4 Å². The molecule has 0 fully saturated rings. The Labute approximate surface area is 138 Å². The molecule has 122 valence electrons. The molecule has 0 radical (unpaired) electrons. The number of pyridine rings is 2. The number of aryl methyl sites for hydroxylation is 2. The first kappa shape index (κ1) is 15.7. The molecule has 1 amide bonds. The Hall–Kier alpha value is -3.22. The van der Waals surface area contributed by atoms with Crippen LogP contribution in [0.1, 0.15) is 16.1 Å². The van der Waals surface area contributed by atoms with Gasteiger partial charge in [0.05, 0.1) is 17.9 Å². The molecular formula is C17H17N5O2. The van der Waals surface area contributed by atoms with Crippen LogP contribution in [0, 0.1) is 0 Å². The minimum absolute atomic E-state index is 0.122. The molecule has 0 saturated heterocycles. The average Bonchev–Trinajstić information content (AvgIpc) is 2.97. The molecule has 7 nitrogen and oxygen atoms in total. The number of hydrogen-bond donors (Lipinski definition) is 1. The van der Waals surface area contributed by atoms with Gasteiger partial charge in [0.1, 0.15) is 5.56 Å². The largest absolute Gasteiger partial charge is 0.346 e. The molecule has 0 aliphatic rings. The second-order valence-corrected chi connectivity index (χ2v) is 5.40. The number of rotatable bonds is 4. The summed E-state index contributed by atoms with van der Waals surface area (Å²) in [6.07, 6.45) is 5.02. The molecule has 3 heterocycles. The first-order valence-corrected chi connectivity index (χ1v) is 7.43. The van der Waals surface area contributed by atoms with Crippen molar-refractivity contribution in [3.63, 3.8) is 0 Å². The zero-order valence-corrected chi connectivity index (χ0v) is 13.4. The minimum Gasteiger partial charge on any atom is -0.346 e. The third-order valence-corrected chi connectivity index (χ3v) is 3.75. The topological polar surface area (TPSA) is 81.8 Å². The molecule has 0 aromatic carbocycles. The SMILES string of the molecule is Cn1nc(-c2ccncc2)cc1CNC(=O)c1cccn(C)c1=O. The van der Waals surface area contributed by atoms with Crippen molar-refractivity contribution in [2.45, 2.75) is 6.54 Å². The van der Waals surface area contributed by atoms with E-state index < -0.39 is 5.91 Å². The van der Waals surface area contributed by atoms with Gasteiger partial charge < -0.3 is 9.88 Å². The van der Waals surface area contributed by atoms with Gasteiger partial charge in [-0.05, 0) is 30.3 Å². The van der Waals surface area contributed by atoms with E-state index in [0.29, 0.717) is 0 Å². The second kappa shape index (κ2) is 6.49. The van der Waals surface area contributed by atoms with Crippen LogP contribution in [0.2, 0.25) is 0 Å². The Balaban J connectivity index is 1.75. The van der Waals surface area contributed by atoms with Crippen LogP contribution in [0.15, 0.2) is 53.7 Å². The Bertz CT molecular complexity index is 928. The fourth-order valence-corrected chi connectivity index (χ4v) is 2.37. The van der Waals surface area contributed by atoms with Crippen molar-refractivity contribution in [2.24, 2.45) is 14.1 Å². The fourth-order valence-electron chi connectivity index (χ4n) is 2.37. The van der Waals surface area contributed by atoms with Crippen molar-refractivity contribution in [1.82, 2.24) is 24.6 Å². The first-order valence-electron chi connectivity index (χ1n) is 7.43. The number of aromatic nitrogens is 4. The van der Waals surface area contributed by atoms with E-state index in [0.717, 1.165) is 17.0 Å². The summed E-state index contributed by atoms with van der Waals surface area (Å²) in [7, 11) is 3.43. The van der Waals surface area contributed by atoms with Gasteiger partial charge in [-0.1, -0.05) is 0 Å². The van der Waals surface area contributed by atoms with Crippen molar-refractivity contribution >= 4 is 5.91 Å². The number of amides is 1. The van der Waals surface area contributed by atoms with Crippen molar-refractivity contribution in [1.29, 1.82) is 0 Å². The molecule has 0 aliphatic heterocycles. The number of hydrogen-bond acceptors (Lipinski definition) is 4. The van der Waals surface area contributed by atoms with Gasteiger partial charge in [0.2, 0.25) is 0 Å². The minimum atomic E-state index is -0.400. The molecule has 0 bridgehead atoms. The quantitative estimate of drug-likeness (QED) is 0.780. The molecule has 7 heteroatoms. The highest BCUT2D eigenvalue weighted by molar-refractivity contribution is 5.93. The summed E-state index contributed by atoms with van der Waals surface area (Å²) in [5.41, 5.74) is 2.40. The zero-order chi connectivity index (χ0) is 17.1. The lowest BCUT2D eigenvalue weighted by molar-refractivity contribution is 0.0948. The first-order chi connectivity index (χ1) is 11.6. The van der Waals surface area contributed by atoms with Crippen LogP contribution in [-0.4, -0.2) is 25.2 Å². The molecule has 0 aliphatic carbocycles. The summed E-state index contributed by atoms with van der Waals surface area (Å²) >= 11 is 0. The zero-order valence-electron chi connectivity index (χ0n) is 13.4. The van der Waals surface area contributed by atoms with E-state index in [9.17, 15) is 9.59 Å². The Morgan fingerprint density at radius 3 is 2.71 bits per heavy atom. The van der Waals surface area contributed by atoms with Gasteiger partial charge >= 0.3 is 0 Å². The van der Waals surface area contributed by atoms with E-state index in [-0.39, 0.29) is 17.7 Å². The maximum absolute atomic E-state index is 12.2. The molecule has 24 heavy (non-hydrogen) atoms. The summed E-state index contributed by atoms with van der Waals surface area (Å²) in [5.74, 6) is -0.400. The predicted octanol–water partition coefficient (Wildman–Crippen LogP) is 1.11. The summed E-state index contributed by atoms with van der Waals surface area (Å²) in [6.45, 7) is 0.283. The third-order valence-electron chi connectivity index (χ3n) is 3.75. The van der Waals surface area contributed by atoms with Crippen molar-refractivity contribution < 1.29 is 4.79 Å². The highest BCUT2D eigenvalue weighted by Gasteiger charge is 2.12. The van der Waals surface area contributed by atoms with Crippen LogP contribution in [0.3, 0.4) is 0 Å². The molecule has 3 aromatic rings. The van der Waals surface area contributed by atoms with Crippen LogP contribution >= 0.6 is 0 Å². The molecule has 0 unspecified atom stereocenters.